The van der Waals surface area contributed by atoms with Crippen molar-refractivity contribution in [2.45, 2.75) is 25.0 Å². The molecule has 7 nitrogen and oxygen atoms in total. The molecule has 2 fully saturated rings. The SMILES string of the molecule is O=C(c1ccc(-c2cc3c(cc2F)N=NC3)cc1)N1CCN(C(=O)C2(O)CC2)CC1. The van der Waals surface area contributed by atoms with Crippen LogP contribution in [-0.4, -0.2) is 58.5 Å². The molecule has 1 N–H and O–H groups in total. The zero-order chi connectivity index (χ0) is 20.9. The number of azo groups is 1. The van der Waals surface area contributed by atoms with Crippen LogP contribution in [0.2, 0.25) is 0 Å². The molecule has 30 heavy (non-hydrogen) atoms. The quantitative estimate of drug-likeness (QED) is 0.847. The van der Waals surface area contributed by atoms with Crippen LogP contribution in [0.3, 0.4) is 0 Å². The topological polar surface area (TPSA) is 85.6 Å². The lowest BCUT2D eigenvalue weighted by atomic mass is 10.00. The van der Waals surface area contributed by atoms with Gasteiger partial charge in [-0.05, 0) is 36.6 Å². The molecular weight excluding hydrogens is 387 g/mol. The first-order valence-corrected chi connectivity index (χ1v) is 10.1. The predicted molar refractivity (Wildman–Crippen MR) is 107 cm³/mol. The highest BCUT2D eigenvalue weighted by Gasteiger charge is 2.50. The first-order valence-electron chi connectivity index (χ1n) is 10.1. The van der Waals surface area contributed by atoms with Crippen molar-refractivity contribution in [1.29, 1.82) is 0 Å². The van der Waals surface area contributed by atoms with Gasteiger partial charge in [-0.1, -0.05) is 12.1 Å². The second-order valence-electron chi connectivity index (χ2n) is 8.05. The molecule has 0 aromatic heterocycles. The Morgan fingerprint density at radius 1 is 1.00 bits per heavy atom. The number of rotatable bonds is 3. The van der Waals surface area contributed by atoms with Gasteiger partial charge in [-0.25, -0.2) is 4.39 Å². The summed E-state index contributed by atoms with van der Waals surface area (Å²) in [6.45, 7) is 2.14. The largest absolute Gasteiger partial charge is 0.380 e. The van der Waals surface area contributed by atoms with Gasteiger partial charge in [0.05, 0.1) is 12.2 Å². The molecule has 2 aliphatic heterocycles. The number of hydrogen-bond donors (Lipinski definition) is 1. The number of fused-ring (bicyclic) bond motifs is 1. The molecule has 2 amide bonds. The monoisotopic (exact) mass is 408 g/mol. The van der Waals surface area contributed by atoms with Gasteiger partial charge in [0.15, 0.2) is 0 Å². The Hall–Kier alpha value is -3.13. The van der Waals surface area contributed by atoms with E-state index in [0.29, 0.717) is 67.9 Å². The average Bonchev–Trinajstić information content (AvgIpc) is 3.36. The molecule has 8 heteroatoms. The van der Waals surface area contributed by atoms with Crippen molar-refractivity contribution in [3.8, 4) is 11.1 Å². The third-order valence-electron chi connectivity index (χ3n) is 6.01. The Bertz CT molecular complexity index is 1050. The minimum Gasteiger partial charge on any atom is -0.380 e. The molecule has 0 atom stereocenters. The summed E-state index contributed by atoms with van der Waals surface area (Å²) >= 11 is 0. The summed E-state index contributed by atoms with van der Waals surface area (Å²) in [5.74, 6) is -0.714. The number of carbonyl (C=O) groups excluding carboxylic acids is 2. The number of piperazine rings is 1. The summed E-state index contributed by atoms with van der Waals surface area (Å²) in [5, 5.41) is 17.8. The van der Waals surface area contributed by atoms with E-state index in [1.807, 2.05) is 0 Å². The minimum atomic E-state index is -1.17. The van der Waals surface area contributed by atoms with Gasteiger partial charge in [0, 0.05) is 48.9 Å². The number of benzene rings is 2. The van der Waals surface area contributed by atoms with E-state index in [0.717, 1.165) is 5.56 Å². The maximum atomic E-state index is 14.4. The van der Waals surface area contributed by atoms with Crippen LogP contribution in [0.25, 0.3) is 11.1 Å². The van der Waals surface area contributed by atoms with Crippen LogP contribution < -0.4 is 0 Å². The van der Waals surface area contributed by atoms with Crippen molar-refractivity contribution in [3.05, 3.63) is 53.3 Å². The van der Waals surface area contributed by atoms with Crippen molar-refractivity contribution < 1.29 is 19.1 Å². The lowest BCUT2D eigenvalue weighted by Gasteiger charge is -2.35. The van der Waals surface area contributed by atoms with Crippen LogP contribution in [0.5, 0.6) is 0 Å². The fourth-order valence-electron chi connectivity index (χ4n) is 3.95. The van der Waals surface area contributed by atoms with E-state index in [9.17, 15) is 19.1 Å². The maximum Gasteiger partial charge on any atom is 0.254 e. The van der Waals surface area contributed by atoms with E-state index in [4.69, 9.17) is 0 Å². The molecule has 3 aliphatic rings. The van der Waals surface area contributed by atoms with Crippen molar-refractivity contribution >= 4 is 17.5 Å². The summed E-state index contributed by atoms with van der Waals surface area (Å²) in [6, 6.07) is 10.0. The van der Waals surface area contributed by atoms with Crippen LogP contribution >= 0.6 is 0 Å². The first-order chi connectivity index (χ1) is 14.4. The first kappa shape index (κ1) is 18.9. The van der Waals surface area contributed by atoms with Gasteiger partial charge in [0.1, 0.15) is 11.4 Å². The summed E-state index contributed by atoms with van der Waals surface area (Å²) in [6.07, 6.45) is 1.04. The predicted octanol–water partition coefficient (Wildman–Crippen LogP) is 2.90. The molecule has 0 unspecified atom stereocenters. The van der Waals surface area contributed by atoms with Crippen LogP contribution in [0.15, 0.2) is 46.6 Å². The molecular formula is C22H21FN4O3. The van der Waals surface area contributed by atoms with Crippen LogP contribution in [0.4, 0.5) is 10.1 Å². The van der Waals surface area contributed by atoms with Crippen molar-refractivity contribution in [2.75, 3.05) is 26.2 Å². The van der Waals surface area contributed by atoms with Gasteiger partial charge in [0.2, 0.25) is 0 Å². The second-order valence-corrected chi connectivity index (χ2v) is 8.05. The van der Waals surface area contributed by atoms with Crippen molar-refractivity contribution in [1.82, 2.24) is 9.80 Å². The Kier molecular flexibility index (Phi) is 4.39. The van der Waals surface area contributed by atoms with Crippen LogP contribution in [-0.2, 0) is 11.3 Å². The fourth-order valence-corrected chi connectivity index (χ4v) is 3.95. The molecule has 1 saturated heterocycles. The van der Waals surface area contributed by atoms with Crippen molar-refractivity contribution in [2.24, 2.45) is 10.2 Å². The Balaban J connectivity index is 1.26. The van der Waals surface area contributed by atoms with E-state index in [-0.39, 0.29) is 17.6 Å². The molecule has 1 saturated carbocycles. The minimum absolute atomic E-state index is 0.120. The highest BCUT2D eigenvalue weighted by molar-refractivity contribution is 5.95. The van der Waals surface area contributed by atoms with Gasteiger partial charge in [0.25, 0.3) is 11.8 Å². The third kappa shape index (κ3) is 3.27. The number of halogens is 1. The number of carbonyl (C=O) groups is 2. The maximum absolute atomic E-state index is 14.4. The summed E-state index contributed by atoms with van der Waals surface area (Å²) in [5.41, 5.74) is 1.95. The molecule has 5 rings (SSSR count). The molecule has 1 aliphatic carbocycles. The van der Waals surface area contributed by atoms with E-state index in [1.165, 1.54) is 6.07 Å². The van der Waals surface area contributed by atoms with Crippen molar-refractivity contribution in [3.63, 3.8) is 0 Å². The van der Waals surface area contributed by atoms with Gasteiger partial charge >= 0.3 is 0 Å². The fraction of sp³-hybridized carbons (Fsp3) is 0.364. The van der Waals surface area contributed by atoms with Gasteiger partial charge in [-0.2, -0.15) is 10.2 Å². The van der Waals surface area contributed by atoms with Crippen LogP contribution in [0.1, 0.15) is 28.8 Å². The number of aliphatic hydroxyl groups is 1. The number of amides is 2. The Morgan fingerprint density at radius 3 is 2.33 bits per heavy atom. The lowest BCUT2D eigenvalue weighted by Crippen LogP contribution is -2.53. The van der Waals surface area contributed by atoms with E-state index in [2.05, 4.69) is 10.2 Å². The Labute approximate surface area is 172 Å². The molecule has 154 valence electrons. The normalized spacial score (nSPS) is 19.0. The van der Waals surface area contributed by atoms with Gasteiger partial charge in [-0.3, -0.25) is 9.59 Å². The molecule has 0 radical (unpaired) electrons. The van der Waals surface area contributed by atoms with E-state index < -0.39 is 5.60 Å². The molecule has 0 spiro atoms. The van der Waals surface area contributed by atoms with Crippen LogP contribution in [0, 0.1) is 5.82 Å². The Morgan fingerprint density at radius 2 is 1.67 bits per heavy atom. The molecule has 2 aromatic rings. The number of hydrogen-bond acceptors (Lipinski definition) is 5. The summed E-state index contributed by atoms with van der Waals surface area (Å²) < 4.78 is 14.4. The smallest absolute Gasteiger partial charge is 0.254 e. The lowest BCUT2D eigenvalue weighted by molar-refractivity contribution is -0.143. The molecule has 2 heterocycles. The van der Waals surface area contributed by atoms with E-state index in [1.54, 1.807) is 40.1 Å². The third-order valence-corrected chi connectivity index (χ3v) is 6.01. The zero-order valence-electron chi connectivity index (χ0n) is 16.3. The van der Waals surface area contributed by atoms with Gasteiger partial charge in [-0.15, -0.1) is 0 Å². The number of nitrogens with zero attached hydrogens (tertiary/aromatic N) is 4. The average molecular weight is 408 g/mol. The zero-order valence-corrected chi connectivity index (χ0v) is 16.3. The standard InChI is InChI=1S/C22H21FN4O3/c23-18-12-19-16(13-24-25-19)11-17(18)14-1-3-15(4-2-14)20(28)26-7-9-27(10-8-26)21(29)22(30)5-6-22/h1-4,11-12,30H,5-10,13H2. The second kappa shape index (κ2) is 6.98. The summed E-state index contributed by atoms with van der Waals surface area (Å²) in [4.78, 5) is 28.4. The highest BCUT2D eigenvalue weighted by Crippen LogP contribution is 2.37. The van der Waals surface area contributed by atoms with E-state index >= 15 is 0 Å². The molecule has 0 bridgehead atoms. The van der Waals surface area contributed by atoms with Gasteiger partial charge < -0.3 is 14.9 Å². The molecule has 2 aromatic carbocycles. The summed E-state index contributed by atoms with van der Waals surface area (Å²) in [7, 11) is 0. The highest BCUT2D eigenvalue weighted by atomic mass is 19.1.